The molecule has 0 atom stereocenters. The Morgan fingerprint density at radius 2 is 1.96 bits per heavy atom. The number of anilines is 2. The number of nitrogens with one attached hydrogen (secondary N) is 1. The zero-order chi connectivity index (χ0) is 19.6. The number of nitrogens with zero attached hydrogens (tertiary/aromatic N) is 5. The fourth-order valence-corrected chi connectivity index (χ4v) is 2.72. The fraction of sp³-hybridized carbons (Fsp3) is 0.400. The summed E-state index contributed by atoms with van der Waals surface area (Å²) in [5.74, 6) is 8.68. The first-order valence-electron chi connectivity index (χ1n) is 8.82. The van der Waals surface area contributed by atoms with E-state index in [2.05, 4.69) is 55.5 Å². The van der Waals surface area contributed by atoms with E-state index in [9.17, 15) is 0 Å². The lowest BCUT2D eigenvalue weighted by atomic mass is 10.1. The maximum absolute atomic E-state index is 5.30. The largest absolute Gasteiger partial charge is 0.366 e. The first kappa shape index (κ1) is 18.8. The van der Waals surface area contributed by atoms with Gasteiger partial charge < -0.3 is 14.6 Å². The molecule has 0 saturated heterocycles. The highest BCUT2D eigenvalue weighted by atomic mass is 16.5. The van der Waals surface area contributed by atoms with E-state index in [-0.39, 0.29) is 0 Å². The van der Waals surface area contributed by atoms with Crippen molar-refractivity contribution in [1.82, 2.24) is 24.5 Å². The molecule has 0 fully saturated rings. The zero-order valence-electron chi connectivity index (χ0n) is 16.5. The van der Waals surface area contributed by atoms with Gasteiger partial charge in [-0.1, -0.05) is 5.92 Å². The summed E-state index contributed by atoms with van der Waals surface area (Å²) in [5, 5.41) is 3.22. The van der Waals surface area contributed by atoms with Gasteiger partial charge >= 0.3 is 0 Å². The summed E-state index contributed by atoms with van der Waals surface area (Å²) in [5.41, 5.74) is 1.37. The van der Waals surface area contributed by atoms with Crippen LogP contribution in [0.15, 0.2) is 24.5 Å². The van der Waals surface area contributed by atoms with Gasteiger partial charge in [-0.3, -0.25) is 0 Å². The molecule has 27 heavy (non-hydrogen) atoms. The molecule has 0 aliphatic carbocycles. The van der Waals surface area contributed by atoms with Crippen LogP contribution < -0.4 is 5.32 Å². The smallest absolute Gasteiger partial charge is 0.206 e. The molecule has 7 nitrogen and oxygen atoms in total. The van der Waals surface area contributed by atoms with Crippen molar-refractivity contribution in [2.75, 3.05) is 12.4 Å². The molecule has 1 N–H and O–H groups in total. The monoisotopic (exact) mass is 364 g/mol. The van der Waals surface area contributed by atoms with Crippen LogP contribution >= 0.6 is 0 Å². The van der Waals surface area contributed by atoms with Crippen LogP contribution in [-0.4, -0.2) is 37.2 Å². The molecule has 0 aliphatic heterocycles. The number of methoxy groups -OCH3 is 1. The summed E-state index contributed by atoms with van der Waals surface area (Å²) in [7, 11) is 1.62. The molecule has 3 heterocycles. The molecule has 3 rings (SSSR count). The molecular formula is C20H24N6O. The number of aromatic nitrogens is 5. The number of ether oxygens (including phenoxy) is 1. The van der Waals surface area contributed by atoms with E-state index in [1.807, 2.05) is 26.8 Å². The van der Waals surface area contributed by atoms with Gasteiger partial charge in [-0.25, -0.2) is 19.9 Å². The van der Waals surface area contributed by atoms with Crippen LogP contribution in [0, 0.1) is 18.8 Å². The minimum Gasteiger partial charge on any atom is -0.366 e. The van der Waals surface area contributed by atoms with Gasteiger partial charge in [0.25, 0.3) is 0 Å². The molecule has 3 aromatic heterocycles. The van der Waals surface area contributed by atoms with Gasteiger partial charge in [-0.2, -0.15) is 0 Å². The van der Waals surface area contributed by atoms with Crippen molar-refractivity contribution in [1.29, 1.82) is 0 Å². The molecule has 0 radical (unpaired) electrons. The number of hydrogen-bond donors (Lipinski definition) is 1. The van der Waals surface area contributed by atoms with Gasteiger partial charge in [-0.05, 0) is 46.6 Å². The number of rotatable bonds is 4. The van der Waals surface area contributed by atoms with E-state index in [0.717, 1.165) is 16.9 Å². The zero-order valence-corrected chi connectivity index (χ0v) is 16.5. The Morgan fingerprint density at radius 1 is 1.19 bits per heavy atom. The molecule has 0 aliphatic rings. The van der Waals surface area contributed by atoms with E-state index in [1.54, 1.807) is 25.6 Å². The number of pyridine rings is 1. The predicted molar refractivity (Wildman–Crippen MR) is 106 cm³/mol. The number of aryl methyl sites for hydroxylation is 1. The third-order valence-electron chi connectivity index (χ3n) is 4.17. The second-order valence-electron chi connectivity index (χ2n) is 7.04. The second kappa shape index (κ2) is 7.33. The van der Waals surface area contributed by atoms with E-state index >= 15 is 0 Å². The molecule has 3 aromatic rings. The third-order valence-corrected chi connectivity index (χ3v) is 4.17. The first-order chi connectivity index (χ1) is 12.8. The highest BCUT2D eigenvalue weighted by Gasteiger charge is 2.13. The topological polar surface area (TPSA) is 77.8 Å². The predicted octanol–water partition coefficient (Wildman–Crippen LogP) is 3.63. The Hall–Kier alpha value is -2.98. The summed E-state index contributed by atoms with van der Waals surface area (Å²) >= 11 is 0. The minimum atomic E-state index is -0.549. The lowest BCUT2D eigenvalue weighted by Gasteiger charge is -2.14. The van der Waals surface area contributed by atoms with Crippen molar-refractivity contribution in [3.8, 4) is 11.8 Å². The molecule has 0 spiro atoms. The quantitative estimate of drug-likeness (QED) is 0.712. The number of hydrogen-bond acceptors (Lipinski definition) is 6. The Kier molecular flexibility index (Phi) is 5.10. The Morgan fingerprint density at radius 3 is 2.67 bits per heavy atom. The third kappa shape index (κ3) is 4.23. The summed E-state index contributed by atoms with van der Waals surface area (Å²) in [6, 6.07) is 4.08. The van der Waals surface area contributed by atoms with Crippen LogP contribution in [0.3, 0.4) is 0 Å². The van der Waals surface area contributed by atoms with E-state index in [4.69, 9.17) is 4.74 Å². The van der Waals surface area contributed by atoms with E-state index in [1.165, 1.54) is 0 Å². The van der Waals surface area contributed by atoms with Gasteiger partial charge in [0.1, 0.15) is 28.6 Å². The maximum Gasteiger partial charge on any atom is 0.206 e. The lowest BCUT2D eigenvalue weighted by molar-refractivity contribution is 0.0741. The van der Waals surface area contributed by atoms with Crippen LogP contribution in [0.25, 0.3) is 11.0 Å². The van der Waals surface area contributed by atoms with Gasteiger partial charge in [0.15, 0.2) is 0 Å². The summed E-state index contributed by atoms with van der Waals surface area (Å²) in [6.45, 7) is 10.1. The molecular weight excluding hydrogens is 340 g/mol. The highest BCUT2D eigenvalue weighted by molar-refractivity contribution is 5.79. The van der Waals surface area contributed by atoms with Crippen molar-refractivity contribution in [2.24, 2.45) is 0 Å². The van der Waals surface area contributed by atoms with E-state index < -0.39 is 5.60 Å². The van der Waals surface area contributed by atoms with Crippen molar-refractivity contribution >= 4 is 22.7 Å². The summed E-state index contributed by atoms with van der Waals surface area (Å²) in [4.78, 5) is 17.6. The molecule has 140 valence electrons. The molecule has 0 unspecified atom stereocenters. The van der Waals surface area contributed by atoms with Crippen LogP contribution in [0.1, 0.15) is 45.4 Å². The van der Waals surface area contributed by atoms with Gasteiger partial charge in [0.05, 0.1) is 11.7 Å². The van der Waals surface area contributed by atoms with E-state index in [0.29, 0.717) is 23.5 Å². The Labute approximate surface area is 159 Å². The number of fused-ring (bicyclic) bond motifs is 1. The average molecular weight is 364 g/mol. The van der Waals surface area contributed by atoms with Crippen molar-refractivity contribution in [2.45, 2.75) is 46.3 Å². The van der Waals surface area contributed by atoms with Crippen molar-refractivity contribution in [3.63, 3.8) is 0 Å². The highest BCUT2D eigenvalue weighted by Crippen LogP contribution is 2.23. The Balaban J connectivity index is 1.89. The number of imidazole rings is 1. The van der Waals surface area contributed by atoms with Gasteiger partial charge in [0.2, 0.25) is 5.82 Å². The summed E-state index contributed by atoms with van der Waals surface area (Å²) < 4.78 is 7.48. The maximum atomic E-state index is 5.30. The lowest BCUT2D eigenvalue weighted by Crippen LogP contribution is -2.19. The second-order valence-corrected chi connectivity index (χ2v) is 7.04. The normalized spacial score (nSPS) is 11.5. The molecule has 7 heteroatoms. The molecule has 0 bridgehead atoms. The summed E-state index contributed by atoms with van der Waals surface area (Å²) in [6.07, 6.45) is 3.44. The SMILES string of the molecule is COC(C)(C)C#Cc1nccc(Nc2cc3c(cn2)nc(C)n3C(C)C)n1. The van der Waals surface area contributed by atoms with Crippen molar-refractivity contribution < 1.29 is 4.74 Å². The molecule has 0 saturated carbocycles. The van der Waals surface area contributed by atoms with Crippen LogP contribution in [-0.2, 0) is 4.74 Å². The average Bonchev–Trinajstić information content (AvgIpc) is 2.96. The Bertz CT molecular complexity index is 1030. The van der Waals surface area contributed by atoms with Gasteiger partial charge in [-0.15, -0.1) is 0 Å². The van der Waals surface area contributed by atoms with Crippen LogP contribution in [0.2, 0.25) is 0 Å². The first-order valence-corrected chi connectivity index (χ1v) is 8.82. The fourth-order valence-electron chi connectivity index (χ4n) is 2.72. The molecule has 0 amide bonds. The van der Waals surface area contributed by atoms with Crippen LogP contribution in [0.4, 0.5) is 11.6 Å². The van der Waals surface area contributed by atoms with Crippen molar-refractivity contribution in [3.05, 3.63) is 36.2 Å². The van der Waals surface area contributed by atoms with Gasteiger partial charge in [0, 0.05) is 25.4 Å². The minimum absolute atomic E-state index is 0.315. The standard InChI is InChI=1S/C20H24N6O/c1-13(2)26-14(3)23-15-12-22-19(11-16(15)26)25-18-8-10-21-17(24-18)7-9-20(4,5)27-6/h8,10-13H,1-6H3,(H,21,22,24,25). The molecule has 0 aromatic carbocycles. The van der Waals surface area contributed by atoms with Crippen LogP contribution in [0.5, 0.6) is 0 Å².